The van der Waals surface area contributed by atoms with Gasteiger partial charge in [-0.25, -0.2) is 4.98 Å². The molecule has 1 aromatic heterocycles. The van der Waals surface area contributed by atoms with Gasteiger partial charge in [0.05, 0.1) is 29.5 Å². The first kappa shape index (κ1) is 23.3. The molecule has 2 aromatic rings. The lowest BCUT2D eigenvalue weighted by Crippen LogP contribution is -2.36. The number of nitrogens with zero attached hydrogens (tertiary/aromatic N) is 3. The van der Waals surface area contributed by atoms with E-state index < -0.39 is 0 Å². The van der Waals surface area contributed by atoms with Crippen LogP contribution in [0.1, 0.15) is 38.1 Å². The van der Waals surface area contributed by atoms with Gasteiger partial charge >= 0.3 is 0 Å². The zero-order chi connectivity index (χ0) is 19.1. The fourth-order valence-electron chi connectivity index (χ4n) is 5.61. The van der Waals surface area contributed by atoms with Crippen LogP contribution in [0, 0.1) is 17.8 Å². The molecule has 1 amide bonds. The fraction of sp³-hybridized carbons (Fsp3) is 0.636. The summed E-state index contributed by atoms with van der Waals surface area (Å²) in [4.78, 5) is 19.4. The second-order valence-electron chi connectivity index (χ2n) is 8.96. The topological polar surface area (TPSA) is 70.4 Å². The summed E-state index contributed by atoms with van der Waals surface area (Å²) < 4.78 is 2.15. The van der Waals surface area contributed by atoms with Crippen molar-refractivity contribution in [3.63, 3.8) is 0 Å². The molecule has 2 aliphatic heterocycles. The molecule has 1 aromatic carbocycles. The van der Waals surface area contributed by atoms with Crippen molar-refractivity contribution < 1.29 is 9.90 Å². The zero-order valence-corrected chi connectivity index (χ0v) is 18.8. The smallest absolute Gasteiger partial charge is 0.222 e. The summed E-state index contributed by atoms with van der Waals surface area (Å²) in [5.74, 6) is 1.76. The number of benzene rings is 1. The number of likely N-dealkylation sites (tertiary alicyclic amines) is 1. The number of para-hydroxylation sites is 2. The maximum Gasteiger partial charge on any atom is 0.222 e. The molecular weight excluding hydrogens is 423 g/mol. The van der Waals surface area contributed by atoms with Crippen LogP contribution < -0.4 is 5.32 Å². The number of aliphatic hydroxyl groups is 1. The minimum atomic E-state index is -0.377. The number of aliphatic hydroxyl groups excluding tert-OH is 1. The minimum absolute atomic E-state index is 0. The highest BCUT2D eigenvalue weighted by Gasteiger charge is 2.43. The molecule has 3 fully saturated rings. The van der Waals surface area contributed by atoms with Crippen LogP contribution in [-0.4, -0.2) is 57.7 Å². The van der Waals surface area contributed by atoms with Crippen molar-refractivity contribution in [2.24, 2.45) is 17.8 Å². The van der Waals surface area contributed by atoms with E-state index in [-0.39, 0.29) is 37.0 Å². The number of halogens is 2. The first-order chi connectivity index (χ1) is 13.7. The number of fused-ring (bicyclic) bond motifs is 2. The first-order valence-electron chi connectivity index (χ1n) is 10.8. The first-order valence-corrected chi connectivity index (χ1v) is 10.8. The molecule has 4 atom stereocenters. The summed E-state index contributed by atoms with van der Waals surface area (Å²) in [6.07, 6.45) is 6.11. The summed E-state index contributed by atoms with van der Waals surface area (Å²) in [6, 6.07) is 8.16. The zero-order valence-electron chi connectivity index (χ0n) is 17.2. The molecule has 3 aliphatic rings. The molecule has 0 spiro atoms. The average Bonchev–Trinajstić information content (AvgIpc) is 3.32. The van der Waals surface area contributed by atoms with Gasteiger partial charge in [0.1, 0.15) is 0 Å². The van der Waals surface area contributed by atoms with Crippen LogP contribution in [0.2, 0.25) is 0 Å². The standard InChI is InChI=1S/C22H30N4O2.2ClH/c27-21-11-17-13-25(22(28)9-15-5-7-23-8-6-15)12-16(17)10-20(21)26-14-24-18-3-1-2-4-19(18)26;;/h1-4,14-17,20-21,23,27H,5-13H2;2*1H/t16-,17+,20-,21-;;/m1../s1. The van der Waals surface area contributed by atoms with Gasteiger partial charge in [0, 0.05) is 19.5 Å². The van der Waals surface area contributed by atoms with E-state index >= 15 is 0 Å². The van der Waals surface area contributed by atoms with Crippen molar-refractivity contribution in [2.45, 2.75) is 44.2 Å². The number of imidazole rings is 1. The van der Waals surface area contributed by atoms with Crippen LogP contribution in [0.25, 0.3) is 11.0 Å². The lowest BCUT2D eigenvalue weighted by atomic mass is 9.77. The SMILES string of the molecule is Cl.Cl.O=C(CC1CCNCC1)N1C[C@H]2C[C@@H](n3cnc4ccccc43)[C@H](O)C[C@H]2C1. The Labute approximate surface area is 190 Å². The Kier molecular flexibility index (Phi) is 7.66. The van der Waals surface area contributed by atoms with Crippen molar-refractivity contribution in [3.05, 3.63) is 30.6 Å². The lowest BCUT2D eigenvalue weighted by Gasteiger charge is -2.36. The Balaban J connectivity index is 0.00000128. The highest BCUT2D eigenvalue weighted by Crippen LogP contribution is 2.42. The van der Waals surface area contributed by atoms with Crippen LogP contribution in [0.4, 0.5) is 0 Å². The van der Waals surface area contributed by atoms with E-state index in [0.29, 0.717) is 30.1 Å². The Morgan fingerprint density at radius 2 is 1.80 bits per heavy atom. The number of hydrogen-bond donors (Lipinski definition) is 2. The van der Waals surface area contributed by atoms with Crippen LogP contribution in [0.15, 0.2) is 30.6 Å². The van der Waals surface area contributed by atoms with E-state index in [4.69, 9.17) is 0 Å². The molecule has 0 bridgehead atoms. The average molecular weight is 455 g/mol. The highest BCUT2D eigenvalue weighted by molar-refractivity contribution is 5.85. The fourth-order valence-corrected chi connectivity index (χ4v) is 5.61. The monoisotopic (exact) mass is 454 g/mol. The van der Waals surface area contributed by atoms with Crippen LogP contribution in [0.3, 0.4) is 0 Å². The van der Waals surface area contributed by atoms with E-state index in [2.05, 4.69) is 25.8 Å². The van der Waals surface area contributed by atoms with E-state index in [1.807, 2.05) is 24.5 Å². The van der Waals surface area contributed by atoms with Gasteiger partial charge in [-0.3, -0.25) is 4.79 Å². The maximum atomic E-state index is 12.9. The molecule has 1 aliphatic carbocycles. The number of hydrogen-bond acceptors (Lipinski definition) is 4. The molecule has 30 heavy (non-hydrogen) atoms. The Hall–Kier alpha value is -1.34. The van der Waals surface area contributed by atoms with Crippen molar-refractivity contribution in [2.75, 3.05) is 26.2 Å². The van der Waals surface area contributed by atoms with Crippen molar-refractivity contribution in [1.82, 2.24) is 19.8 Å². The van der Waals surface area contributed by atoms with Crippen LogP contribution in [-0.2, 0) is 4.79 Å². The van der Waals surface area contributed by atoms with Crippen molar-refractivity contribution in [1.29, 1.82) is 0 Å². The Bertz CT molecular complexity index is 855. The molecule has 5 rings (SSSR count). The van der Waals surface area contributed by atoms with Crippen LogP contribution >= 0.6 is 24.8 Å². The van der Waals surface area contributed by atoms with E-state index in [1.54, 1.807) is 0 Å². The predicted octanol–water partition coefficient (Wildman–Crippen LogP) is 3.04. The van der Waals surface area contributed by atoms with E-state index in [9.17, 15) is 9.90 Å². The summed E-state index contributed by atoms with van der Waals surface area (Å²) in [5, 5.41) is 14.2. The number of carbonyl (C=O) groups excluding carboxylic acids is 1. The summed E-state index contributed by atoms with van der Waals surface area (Å²) in [5.41, 5.74) is 2.06. The molecule has 166 valence electrons. The third-order valence-electron chi connectivity index (χ3n) is 7.22. The normalized spacial score (nSPS) is 29.2. The quantitative estimate of drug-likeness (QED) is 0.747. The van der Waals surface area contributed by atoms with Gasteiger partial charge in [0.25, 0.3) is 0 Å². The molecule has 0 unspecified atom stereocenters. The molecule has 0 radical (unpaired) electrons. The second kappa shape index (κ2) is 9.86. The Morgan fingerprint density at radius 1 is 1.10 bits per heavy atom. The molecular formula is C22H32Cl2N4O2. The largest absolute Gasteiger partial charge is 0.391 e. The number of piperidine rings is 1. The van der Waals surface area contributed by atoms with Gasteiger partial charge in [-0.2, -0.15) is 0 Å². The number of rotatable bonds is 3. The molecule has 1 saturated carbocycles. The summed E-state index contributed by atoms with van der Waals surface area (Å²) in [7, 11) is 0. The van der Waals surface area contributed by atoms with Gasteiger partial charge in [-0.05, 0) is 68.7 Å². The molecule has 8 heteroatoms. The Morgan fingerprint density at radius 3 is 2.57 bits per heavy atom. The summed E-state index contributed by atoms with van der Waals surface area (Å²) in [6.45, 7) is 3.75. The van der Waals surface area contributed by atoms with Gasteiger partial charge in [-0.1, -0.05) is 12.1 Å². The van der Waals surface area contributed by atoms with Gasteiger partial charge < -0.3 is 19.9 Å². The molecule has 2 saturated heterocycles. The van der Waals surface area contributed by atoms with Crippen molar-refractivity contribution >= 4 is 41.8 Å². The number of nitrogens with one attached hydrogen (secondary N) is 1. The predicted molar refractivity (Wildman–Crippen MR) is 122 cm³/mol. The van der Waals surface area contributed by atoms with Gasteiger partial charge in [0.2, 0.25) is 5.91 Å². The molecule has 6 nitrogen and oxygen atoms in total. The van der Waals surface area contributed by atoms with Gasteiger partial charge in [-0.15, -0.1) is 24.8 Å². The lowest BCUT2D eigenvalue weighted by molar-refractivity contribution is -0.131. The third kappa shape index (κ3) is 4.47. The minimum Gasteiger partial charge on any atom is -0.391 e. The third-order valence-corrected chi connectivity index (χ3v) is 7.22. The number of amides is 1. The molecule has 3 heterocycles. The maximum absolute atomic E-state index is 12.9. The van der Waals surface area contributed by atoms with Gasteiger partial charge in [0.15, 0.2) is 0 Å². The van der Waals surface area contributed by atoms with Crippen molar-refractivity contribution in [3.8, 4) is 0 Å². The highest BCUT2D eigenvalue weighted by atomic mass is 35.5. The number of aromatic nitrogens is 2. The number of carbonyl (C=O) groups is 1. The van der Waals surface area contributed by atoms with Crippen LogP contribution in [0.5, 0.6) is 0 Å². The molecule has 2 N–H and O–H groups in total. The van der Waals surface area contributed by atoms with E-state index in [1.165, 1.54) is 0 Å². The van der Waals surface area contributed by atoms with E-state index in [0.717, 1.165) is 62.9 Å². The second-order valence-corrected chi connectivity index (χ2v) is 8.96. The summed E-state index contributed by atoms with van der Waals surface area (Å²) >= 11 is 0.